The predicted molar refractivity (Wildman–Crippen MR) is 63.0 cm³/mol. The van der Waals surface area contributed by atoms with Gasteiger partial charge in [0, 0.05) is 13.3 Å². The first-order chi connectivity index (χ1) is 6.74. The van der Waals surface area contributed by atoms with Gasteiger partial charge in [0.1, 0.15) is 0 Å². The normalized spacial score (nSPS) is 12.0. The Balaban J connectivity index is 2.83. The zero-order valence-electron chi connectivity index (χ0n) is 8.57. The minimum atomic E-state index is 0.767. The summed E-state index contributed by atoms with van der Waals surface area (Å²) in [7, 11) is 1.73. The van der Waals surface area contributed by atoms with Crippen molar-refractivity contribution in [1.82, 2.24) is 0 Å². The molecule has 1 aromatic carbocycles. The van der Waals surface area contributed by atoms with Gasteiger partial charge in [0.05, 0.1) is 11.4 Å². The van der Waals surface area contributed by atoms with Crippen LogP contribution in [-0.4, -0.2) is 19.0 Å². The van der Waals surface area contributed by atoms with E-state index in [1.165, 1.54) is 0 Å². The van der Waals surface area contributed by atoms with Gasteiger partial charge in [-0.3, -0.25) is 9.98 Å². The molecule has 0 spiro atoms. The maximum atomic E-state index is 4.31. The summed E-state index contributed by atoms with van der Waals surface area (Å²) in [6.45, 7) is 5.80. The van der Waals surface area contributed by atoms with Crippen molar-refractivity contribution in [1.29, 1.82) is 0 Å². The summed E-state index contributed by atoms with van der Waals surface area (Å²) in [6, 6.07) is 9.89. The molecule has 0 aliphatic rings. The Bertz CT molecular complexity index is 361. The lowest BCUT2D eigenvalue weighted by molar-refractivity contribution is 1.47. The molecule has 0 heterocycles. The van der Waals surface area contributed by atoms with Crippen LogP contribution in [0.2, 0.25) is 0 Å². The Morgan fingerprint density at radius 1 is 1.29 bits per heavy atom. The average Bonchev–Trinajstić information content (AvgIpc) is 2.19. The third-order valence-corrected chi connectivity index (χ3v) is 1.73. The zero-order valence-corrected chi connectivity index (χ0v) is 8.57. The second-order valence-corrected chi connectivity index (χ2v) is 2.95. The summed E-state index contributed by atoms with van der Waals surface area (Å²) >= 11 is 0. The molecule has 0 saturated heterocycles. The fourth-order valence-corrected chi connectivity index (χ4v) is 1.12. The molecule has 14 heavy (non-hydrogen) atoms. The van der Waals surface area contributed by atoms with Crippen LogP contribution in [0.5, 0.6) is 0 Å². The van der Waals surface area contributed by atoms with Crippen LogP contribution in [0.25, 0.3) is 5.70 Å². The van der Waals surface area contributed by atoms with Gasteiger partial charge in [0.2, 0.25) is 0 Å². The number of hydrogen-bond donors (Lipinski definition) is 0. The van der Waals surface area contributed by atoms with Gasteiger partial charge in [-0.2, -0.15) is 0 Å². The largest absolute Gasteiger partial charge is 0.295 e. The Kier molecular flexibility index (Phi) is 3.80. The average molecular weight is 186 g/mol. The minimum Gasteiger partial charge on any atom is -0.295 e. The fourth-order valence-electron chi connectivity index (χ4n) is 1.12. The molecule has 0 amide bonds. The van der Waals surface area contributed by atoms with Crippen molar-refractivity contribution in [2.75, 3.05) is 7.05 Å². The lowest BCUT2D eigenvalue weighted by atomic mass is 10.2. The third-order valence-electron chi connectivity index (χ3n) is 1.73. The molecule has 0 fully saturated rings. The van der Waals surface area contributed by atoms with E-state index in [2.05, 4.69) is 16.6 Å². The van der Waals surface area contributed by atoms with Crippen molar-refractivity contribution >= 4 is 17.6 Å². The first-order valence-corrected chi connectivity index (χ1v) is 4.46. The molecule has 72 valence electrons. The van der Waals surface area contributed by atoms with Crippen molar-refractivity contribution in [3.63, 3.8) is 0 Å². The van der Waals surface area contributed by atoms with Gasteiger partial charge in [-0.05, 0) is 12.5 Å². The molecule has 0 bridgehead atoms. The van der Waals surface area contributed by atoms with Crippen LogP contribution in [0.4, 0.5) is 0 Å². The van der Waals surface area contributed by atoms with E-state index in [9.17, 15) is 0 Å². The van der Waals surface area contributed by atoms with Crippen LogP contribution < -0.4 is 0 Å². The van der Waals surface area contributed by atoms with Gasteiger partial charge in [0.25, 0.3) is 0 Å². The van der Waals surface area contributed by atoms with Crippen molar-refractivity contribution < 1.29 is 0 Å². The highest BCUT2D eigenvalue weighted by atomic mass is 14.8. The van der Waals surface area contributed by atoms with Crippen LogP contribution in [0.15, 0.2) is 46.9 Å². The molecule has 0 unspecified atom stereocenters. The summed E-state index contributed by atoms with van der Waals surface area (Å²) in [5, 5.41) is 0. The second kappa shape index (κ2) is 5.12. The second-order valence-electron chi connectivity index (χ2n) is 2.95. The van der Waals surface area contributed by atoms with Crippen LogP contribution in [-0.2, 0) is 0 Å². The number of aliphatic imine (C=N–C) groups is 2. The molecular weight excluding hydrogens is 172 g/mol. The van der Waals surface area contributed by atoms with Gasteiger partial charge in [-0.1, -0.05) is 36.9 Å². The van der Waals surface area contributed by atoms with Gasteiger partial charge in [0.15, 0.2) is 0 Å². The van der Waals surface area contributed by atoms with Crippen LogP contribution in [0.3, 0.4) is 0 Å². The molecule has 2 heteroatoms. The summed E-state index contributed by atoms with van der Waals surface area (Å²) < 4.78 is 0. The molecule has 0 saturated carbocycles. The highest BCUT2D eigenvalue weighted by molar-refractivity contribution is 6.30. The topological polar surface area (TPSA) is 24.7 Å². The van der Waals surface area contributed by atoms with Crippen LogP contribution in [0.1, 0.15) is 12.5 Å². The van der Waals surface area contributed by atoms with Gasteiger partial charge in [-0.15, -0.1) is 0 Å². The van der Waals surface area contributed by atoms with Crippen LogP contribution in [0, 0.1) is 0 Å². The standard InChI is InChI=1S/C12H14N2/c1-10(9-13-3)14-11(2)12-7-5-4-6-8-12/h4-9H,2H2,1,3H3. The molecule has 2 nitrogen and oxygen atoms in total. The molecule has 1 rings (SSSR count). The molecule has 1 aromatic rings. The number of rotatable bonds is 3. The van der Waals surface area contributed by atoms with Crippen molar-refractivity contribution in [3.8, 4) is 0 Å². The predicted octanol–water partition coefficient (Wildman–Crippen LogP) is 2.82. The highest BCUT2D eigenvalue weighted by Crippen LogP contribution is 2.12. The summed E-state index contributed by atoms with van der Waals surface area (Å²) in [5.41, 5.74) is 2.67. The Labute approximate surface area is 84.7 Å². The molecule has 0 N–H and O–H groups in total. The van der Waals surface area contributed by atoms with Crippen molar-refractivity contribution in [2.45, 2.75) is 6.92 Å². The highest BCUT2D eigenvalue weighted by Gasteiger charge is 1.94. The number of nitrogens with zero attached hydrogens (tertiary/aromatic N) is 2. The molecule has 0 aliphatic carbocycles. The Morgan fingerprint density at radius 3 is 2.50 bits per heavy atom. The van der Waals surface area contributed by atoms with Crippen LogP contribution >= 0.6 is 0 Å². The summed E-state index contributed by atoms with van der Waals surface area (Å²) in [6.07, 6.45) is 1.72. The molecule has 0 atom stereocenters. The zero-order chi connectivity index (χ0) is 10.4. The molecule has 0 radical (unpaired) electrons. The Morgan fingerprint density at radius 2 is 1.93 bits per heavy atom. The van der Waals surface area contributed by atoms with E-state index in [0.29, 0.717) is 0 Å². The Hall–Kier alpha value is -1.70. The summed E-state index contributed by atoms with van der Waals surface area (Å²) in [5.74, 6) is 0. The maximum absolute atomic E-state index is 4.31. The van der Waals surface area contributed by atoms with Crippen molar-refractivity contribution in [3.05, 3.63) is 42.5 Å². The number of benzene rings is 1. The molecule has 0 aliphatic heterocycles. The van der Waals surface area contributed by atoms with Gasteiger partial charge < -0.3 is 0 Å². The fraction of sp³-hybridized carbons (Fsp3) is 0.167. The molecule has 0 aromatic heterocycles. The van der Waals surface area contributed by atoms with E-state index < -0.39 is 0 Å². The smallest absolute Gasteiger partial charge is 0.0634 e. The molecular formula is C12H14N2. The number of hydrogen-bond acceptors (Lipinski definition) is 2. The maximum Gasteiger partial charge on any atom is 0.0634 e. The minimum absolute atomic E-state index is 0.767. The lowest BCUT2D eigenvalue weighted by Gasteiger charge is -1.99. The van der Waals surface area contributed by atoms with E-state index in [4.69, 9.17) is 0 Å². The SMILES string of the molecule is C=C(N=C(C)C=NC)c1ccccc1. The van der Waals surface area contributed by atoms with Gasteiger partial charge >= 0.3 is 0 Å². The monoisotopic (exact) mass is 186 g/mol. The van der Waals surface area contributed by atoms with E-state index >= 15 is 0 Å². The van der Waals surface area contributed by atoms with E-state index in [-0.39, 0.29) is 0 Å². The van der Waals surface area contributed by atoms with E-state index in [1.807, 2.05) is 37.3 Å². The van der Waals surface area contributed by atoms with Crippen molar-refractivity contribution in [2.24, 2.45) is 9.98 Å². The quantitative estimate of drug-likeness (QED) is 0.648. The van der Waals surface area contributed by atoms with E-state index in [0.717, 1.165) is 17.0 Å². The first-order valence-electron chi connectivity index (χ1n) is 4.46. The summed E-state index contributed by atoms with van der Waals surface area (Å²) in [4.78, 5) is 8.20. The van der Waals surface area contributed by atoms with E-state index in [1.54, 1.807) is 13.3 Å². The van der Waals surface area contributed by atoms with Gasteiger partial charge in [-0.25, -0.2) is 0 Å². The third kappa shape index (κ3) is 2.98. The first kappa shape index (κ1) is 10.4. The lowest BCUT2D eigenvalue weighted by Crippen LogP contribution is -1.92.